The summed E-state index contributed by atoms with van der Waals surface area (Å²) in [5, 5.41) is 19.0. The van der Waals surface area contributed by atoms with E-state index in [2.05, 4.69) is 47.3 Å². The van der Waals surface area contributed by atoms with Crippen LogP contribution in [0.3, 0.4) is 0 Å². The van der Waals surface area contributed by atoms with E-state index in [1.165, 1.54) is 0 Å². The summed E-state index contributed by atoms with van der Waals surface area (Å²) < 4.78 is 7.63. The molecule has 2 fully saturated rings. The van der Waals surface area contributed by atoms with E-state index in [0.29, 0.717) is 30.1 Å². The summed E-state index contributed by atoms with van der Waals surface area (Å²) in [4.78, 5) is 22.7. The molecule has 4 aromatic rings. The van der Waals surface area contributed by atoms with Crippen LogP contribution >= 0.6 is 0 Å². The van der Waals surface area contributed by atoms with Gasteiger partial charge >= 0.3 is 0 Å². The zero-order chi connectivity index (χ0) is 24.8. The lowest BCUT2D eigenvalue weighted by atomic mass is 10.1. The first kappa shape index (κ1) is 22.6. The van der Waals surface area contributed by atoms with Crippen LogP contribution in [-0.4, -0.2) is 45.0 Å². The molecule has 1 saturated carbocycles. The third-order valence-electron chi connectivity index (χ3n) is 7.25. The Bertz CT molecular complexity index is 1530. The smallest absolute Gasteiger partial charge is 0.261 e. The van der Waals surface area contributed by atoms with Gasteiger partial charge in [-0.05, 0) is 69.0 Å². The Balaban J connectivity index is 1.34. The van der Waals surface area contributed by atoms with Crippen LogP contribution in [0.5, 0.6) is 0 Å². The molecule has 6 rings (SSSR count). The monoisotopic (exact) mass is 483 g/mol. The van der Waals surface area contributed by atoms with Gasteiger partial charge in [0.2, 0.25) is 0 Å². The number of aromatic nitrogens is 4. The van der Waals surface area contributed by atoms with Crippen LogP contribution in [0, 0.1) is 17.2 Å². The molecule has 3 aromatic heterocycles. The molecule has 9 nitrogen and oxygen atoms in total. The van der Waals surface area contributed by atoms with Crippen molar-refractivity contribution in [3.8, 4) is 6.07 Å². The number of ether oxygens (including phenoxy) is 1. The van der Waals surface area contributed by atoms with Crippen LogP contribution in [0.4, 0.5) is 17.3 Å². The highest BCUT2D eigenvalue weighted by Gasteiger charge is 2.34. The molecule has 9 heteroatoms. The number of fused-ring (bicyclic) bond motifs is 2. The van der Waals surface area contributed by atoms with Gasteiger partial charge in [0.05, 0.1) is 48.3 Å². The first-order valence-electron chi connectivity index (χ1n) is 12.5. The lowest BCUT2D eigenvalue weighted by Crippen LogP contribution is -2.47. The van der Waals surface area contributed by atoms with Gasteiger partial charge in [0.25, 0.3) is 5.56 Å². The maximum atomic E-state index is 12.8. The number of rotatable bonds is 6. The molecule has 0 spiro atoms. The molecule has 3 atom stereocenters. The van der Waals surface area contributed by atoms with Gasteiger partial charge in [0, 0.05) is 23.8 Å². The predicted octanol–water partition coefficient (Wildman–Crippen LogP) is 4.49. The maximum Gasteiger partial charge on any atom is 0.261 e. The molecule has 0 radical (unpaired) electrons. The number of hydrogen-bond donors (Lipinski definition) is 2. The van der Waals surface area contributed by atoms with Crippen LogP contribution in [0.1, 0.15) is 39.2 Å². The third-order valence-corrected chi connectivity index (χ3v) is 7.25. The minimum Gasteiger partial charge on any atom is -0.375 e. The lowest BCUT2D eigenvalue weighted by molar-refractivity contribution is 0.0341. The average Bonchev–Trinajstić information content (AvgIpc) is 3.66. The van der Waals surface area contributed by atoms with Crippen molar-refractivity contribution in [2.24, 2.45) is 5.92 Å². The molecule has 1 aliphatic carbocycles. The molecule has 0 bridgehead atoms. The summed E-state index contributed by atoms with van der Waals surface area (Å²) >= 11 is 0. The van der Waals surface area contributed by atoms with E-state index < -0.39 is 0 Å². The Kier molecular flexibility index (Phi) is 5.61. The highest BCUT2D eigenvalue weighted by atomic mass is 16.5. The fraction of sp³-hybridized carbons (Fsp3) is 0.407. The second kappa shape index (κ2) is 8.95. The van der Waals surface area contributed by atoms with Gasteiger partial charge in [0.15, 0.2) is 5.82 Å². The summed E-state index contributed by atoms with van der Waals surface area (Å²) in [5.41, 5.74) is 2.27. The molecule has 3 unspecified atom stereocenters. The minimum atomic E-state index is -0.200. The molecule has 1 aliphatic heterocycles. The summed E-state index contributed by atoms with van der Waals surface area (Å²) in [6, 6.07) is 14.5. The van der Waals surface area contributed by atoms with Gasteiger partial charge in [-0.3, -0.25) is 9.48 Å². The molecule has 1 aromatic carbocycles. The Morgan fingerprint density at radius 1 is 1.25 bits per heavy atom. The van der Waals surface area contributed by atoms with E-state index in [0.717, 1.165) is 47.3 Å². The van der Waals surface area contributed by atoms with Crippen molar-refractivity contribution in [1.29, 1.82) is 5.26 Å². The molecule has 2 aliphatic rings. The Morgan fingerprint density at radius 3 is 2.92 bits per heavy atom. The van der Waals surface area contributed by atoms with Crippen molar-refractivity contribution in [2.45, 2.75) is 51.3 Å². The minimum absolute atomic E-state index is 0.0284. The van der Waals surface area contributed by atoms with Crippen molar-refractivity contribution in [3.63, 3.8) is 0 Å². The quantitative estimate of drug-likeness (QED) is 0.415. The molecule has 4 heterocycles. The number of aromatic amines is 1. The molecule has 36 heavy (non-hydrogen) atoms. The number of morpholine rings is 1. The van der Waals surface area contributed by atoms with Crippen molar-refractivity contribution in [2.75, 3.05) is 23.4 Å². The van der Waals surface area contributed by atoms with Crippen molar-refractivity contribution in [3.05, 3.63) is 52.9 Å². The van der Waals surface area contributed by atoms with Crippen LogP contribution < -0.4 is 15.8 Å². The number of nitrogens with zero attached hydrogens (tertiary/aromatic N) is 5. The molecule has 2 N–H and O–H groups in total. The van der Waals surface area contributed by atoms with Gasteiger partial charge in [-0.2, -0.15) is 10.4 Å². The first-order chi connectivity index (χ1) is 17.5. The number of H-pyrrole nitrogens is 1. The normalized spacial score (nSPS) is 21.0. The molecular formula is C27H29N7O2. The zero-order valence-corrected chi connectivity index (χ0v) is 20.4. The number of benzene rings is 1. The highest BCUT2D eigenvalue weighted by Crippen LogP contribution is 2.43. The number of nitrogens with one attached hydrogen (secondary N) is 2. The lowest BCUT2D eigenvalue weighted by Gasteiger charge is -2.37. The van der Waals surface area contributed by atoms with E-state index in [-0.39, 0.29) is 23.7 Å². The topological polar surface area (TPSA) is 112 Å². The van der Waals surface area contributed by atoms with Crippen LogP contribution in [0.2, 0.25) is 0 Å². The molecular weight excluding hydrogens is 454 g/mol. The fourth-order valence-corrected chi connectivity index (χ4v) is 5.18. The predicted molar refractivity (Wildman–Crippen MR) is 140 cm³/mol. The standard InChI is InChI=1S/C27H29N7O2/c1-16-15-36-17(2)14-33(16)24-8-5-19-13-20(6-7-21(19)31-24)30-26-25-23(10-12-29-27(25)35)34(32-26)22(9-11-28)18-3-4-18/h5-8,10,12-13,16-18,22H,3-4,9,14-15H2,1-2H3,(H,29,35)(H,30,32). The Labute approximate surface area is 208 Å². The van der Waals surface area contributed by atoms with Gasteiger partial charge in [0.1, 0.15) is 11.2 Å². The van der Waals surface area contributed by atoms with E-state index in [1.54, 1.807) is 6.20 Å². The Morgan fingerprint density at radius 2 is 2.11 bits per heavy atom. The molecule has 0 amide bonds. The summed E-state index contributed by atoms with van der Waals surface area (Å²) in [5.74, 6) is 1.87. The van der Waals surface area contributed by atoms with Gasteiger partial charge < -0.3 is 19.9 Å². The SMILES string of the molecule is CC1CN(c2ccc3cc(Nc4nn(C(CC#N)C5CC5)c5cc[nH]c(=O)c45)ccc3n2)C(C)CO1. The van der Waals surface area contributed by atoms with Crippen molar-refractivity contribution >= 4 is 39.1 Å². The second-order valence-electron chi connectivity index (χ2n) is 9.97. The molecule has 184 valence electrons. The Hall–Kier alpha value is -3.90. The van der Waals surface area contributed by atoms with Crippen molar-refractivity contribution < 1.29 is 4.74 Å². The molecule has 1 saturated heterocycles. The van der Waals surface area contributed by atoms with E-state index in [1.807, 2.05) is 28.9 Å². The van der Waals surface area contributed by atoms with Gasteiger partial charge in [-0.25, -0.2) is 4.98 Å². The largest absolute Gasteiger partial charge is 0.375 e. The fourth-order valence-electron chi connectivity index (χ4n) is 5.18. The average molecular weight is 484 g/mol. The van der Waals surface area contributed by atoms with Crippen LogP contribution in [-0.2, 0) is 4.74 Å². The number of anilines is 3. The van der Waals surface area contributed by atoms with E-state index in [9.17, 15) is 10.1 Å². The van der Waals surface area contributed by atoms with Crippen molar-refractivity contribution in [1.82, 2.24) is 19.7 Å². The summed E-state index contributed by atoms with van der Waals surface area (Å²) in [7, 11) is 0. The van der Waals surface area contributed by atoms with Gasteiger partial charge in [-0.1, -0.05) is 0 Å². The van der Waals surface area contributed by atoms with Crippen LogP contribution in [0.25, 0.3) is 21.8 Å². The number of hydrogen-bond acceptors (Lipinski definition) is 7. The highest BCUT2D eigenvalue weighted by molar-refractivity contribution is 5.92. The van der Waals surface area contributed by atoms with Crippen LogP contribution in [0.15, 0.2) is 47.4 Å². The van der Waals surface area contributed by atoms with E-state index >= 15 is 0 Å². The summed E-state index contributed by atoms with van der Waals surface area (Å²) in [6.07, 6.45) is 4.36. The van der Waals surface area contributed by atoms with Gasteiger partial charge in [-0.15, -0.1) is 0 Å². The zero-order valence-electron chi connectivity index (χ0n) is 20.4. The number of nitriles is 1. The first-order valence-corrected chi connectivity index (χ1v) is 12.5. The maximum absolute atomic E-state index is 12.8. The van der Waals surface area contributed by atoms with E-state index in [4.69, 9.17) is 14.8 Å². The summed E-state index contributed by atoms with van der Waals surface area (Å²) in [6.45, 7) is 5.75. The third kappa shape index (κ3) is 4.07. The second-order valence-corrected chi connectivity index (χ2v) is 9.97. The number of pyridine rings is 2.